The van der Waals surface area contributed by atoms with E-state index < -0.39 is 0 Å². The van der Waals surface area contributed by atoms with Crippen LogP contribution < -0.4 is 0 Å². The van der Waals surface area contributed by atoms with Crippen LogP contribution in [0.4, 0.5) is 4.39 Å². The summed E-state index contributed by atoms with van der Waals surface area (Å²) in [7, 11) is 0. The number of likely N-dealkylation sites (tertiary alicyclic amines) is 1. The van der Waals surface area contributed by atoms with E-state index in [1.165, 1.54) is 12.1 Å². The van der Waals surface area contributed by atoms with Gasteiger partial charge in [0.25, 0.3) is 5.91 Å². The number of rotatable bonds is 4. The molecule has 0 atom stereocenters. The van der Waals surface area contributed by atoms with E-state index in [1.807, 2.05) is 30.3 Å². The Morgan fingerprint density at radius 3 is 2.42 bits per heavy atom. The van der Waals surface area contributed by atoms with Gasteiger partial charge in [0.1, 0.15) is 5.82 Å². The number of nitrogens with zero attached hydrogens (tertiary/aromatic N) is 4. The van der Waals surface area contributed by atoms with Gasteiger partial charge in [0.05, 0.1) is 0 Å². The lowest BCUT2D eigenvalue weighted by molar-refractivity contribution is 0.0694. The van der Waals surface area contributed by atoms with Crippen molar-refractivity contribution in [3.63, 3.8) is 0 Å². The Morgan fingerprint density at radius 2 is 1.68 bits per heavy atom. The summed E-state index contributed by atoms with van der Waals surface area (Å²) in [6.07, 6.45) is 1.45. The van der Waals surface area contributed by atoms with E-state index in [2.05, 4.69) is 15.3 Å². The molecule has 1 aliphatic heterocycles. The van der Waals surface area contributed by atoms with E-state index in [0.717, 1.165) is 18.4 Å². The highest BCUT2D eigenvalue weighted by Crippen LogP contribution is 2.29. The first-order valence-corrected chi connectivity index (χ1v) is 10.1. The second-order valence-corrected chi connectivity index (χ2v) is 7.47. The van der Waals surface area contributed by atoms with Gasteiger partial charge in [0.15, 0.2) is 11.5 Å². The fourth-order valence-electron chi connectivity index (χ4n) is 3.72. The molecule has 3 heterocycles. The lowest BCUT2D eigenvalue weighted by Crippen LogP contribution is -2.38. The number of piperidine rings is 1. The molecule has 2 aromatic carbocycles. The number of hydrogen-bond donors (Lipinski definition) is 0. The second-order valence-electron chi connectivity index (χ2n) is 7.47. The molecule has 0 N–H and O–H groups in total. The lowest BCUT2D eigenvalue weighted by Gasteiger charge is -2.29. The SMILES string of the molecule is O=C(c1cc(-c2ccc(F)cc2)on1)N1CCC(c2nc(-c3ccccc3)no2)CC1. The third-order valence-electron chi connectivity index (χ3n) is 5.46. The molecule has 0 bridgehead atoms. The molecular weight excluding hydrogens is 399 g/mol. The Labute approximate surface area is 177 Å². The van der Waals surface area contributed by atoms with Gasteiger partial charge in [-0.2, -0.15) is 4.98 Å². The van der Waals surface area contributed by atoms with Crippen molar-refractivity contribution in [3.8, 4) is 22.7 Å². The predicted octanol–water partition coefficient (Wildman–Crippen LogP) is 4.55. The van der Waals surface area contributed by atoms with Crippen molar-refractivity contribution in [1.29, 1.82) is 0 Å². The number of halogens is 1. The summed E-state index contributed by atoms with van der Waals surface area (Å²) in [6, 6.07) is 17.1. The maximum atomic E-state index is 13.1. The first-order chi connectivity index (χ1) is 15.2. The van der Waals surface area contributed by atoms with Crippen LogP contribution in [0.1, 0.15) is 35.1 Å². The zero-order valence-corrected chi connectivity index (χ0v) is 16.6. The average molecular weight is 418 g/mol. The molecule has 31 heavy (non-hydrogen) atoms. The Kier molecular flexibility index (Phi) is 5.03. The molecule has 4 aromatic rings. The summed E-state index contributed by atoms with van der Waals surface area (Å²) >= 11 is 0. The molecule has 2 aromatic heterocycles. The molecule has 0 aliphatic carbocycles. The highest BCUT2D eigenvalue weighted by Gasteiger charge is 2.29. The van der Waals surface area contributed by atoms with E-state index in [4.69, 9.17) is 9.05 Å². The topological polar surface area (TPSA) is 85.3 Å². The van der Waals surface area contributed by atoms with Gasteiger partial charge in [-0.15, -0.1) is 0 Å². The molecule has 0 saturated carbocycles. The van der Waals surface area contributed by atoms with Crippen molar-refractivity contribution in [1.82, 2.24) is 20.2 Å². The molecule has 5 rings (SSSR count). The van der Waals surface area contributed by atoms with Gasteiger partial charge in [-0.3, -0.25) is 4.79 Å². The summed E-state index contributed by atoms with van der Waals surface area (Å²) in [4.78, 5) is 19.1. The minimum Gasteiger partial charge on any atom is -0.355 e. The van der Waals surface area contributed by atoms with Crippen LogP contribution in [0.25, 0.3) is 22.7 Å². The average Bonchev–Trinajstić information content (AvgIpc) is 3.50. The van der Waals surface area contributed by atoms with Crippen LogP contribution in [-0.2, 0) is 0 Å². The monoisotopic (exact) mass is 418 g/mol. The number of carbonyl (C=O) groups excluding carboxylic acids is 1. The lowest BCUT2D eigenvalue weighted by atomic mass is 9.96. The van der Waals surface area contributed by atoms with Crippen molar-refractivity contribution in [2.24, 2.45) is 0 Å². The fourth-order valence-corrected chi connectivity index (χ4v) is 3.72. The smallest absolute Gasteiger partial charge is 0.276 e. The predicted molar refractivity (Wildman–Crippen MR) is 110 cm³/mol. The van der Waals surface area contributed by atoms with E-state index in [0.29, 0.717) is 36.1 Å². The van der Waals surface area contributed by atoms with Crippen molar-refractivity contribution in [3.05, 3.63) is 78.1 Å². The number of amides is 1. The number of benzene rings is 2. The molecule has 7 nitrogen and oxygen atoms in total. The standard InChI is InChI=1S/C23H19FN4O3/c24-18-8-6-15(7-9-18)20-14-19(26-30-20)23(29)28-12-10-17(11-13-28)22-25-21(27-31-22)16-4-2-1-3-5-16/h1-9,14,17H,10-13H2. The highest BCUT2D eigenvalue weighted by molar-refractivity contribution is 5.93. The number of carbonyl (C=O) groups is 1. The number of hydrogen-bond acceptors (Lipinski definition) is 6. The van der Waals surface area contributed by atoms with Crippen LogP contribution in [0.2, 0.25) is 0 Å². The number of aromatic nitrogens is 3. The normalized spacial score (nSPS) is 14.7. The molecule has 1 saturated heterocycles. The van der Waals surface area contributed by atoms with Gasteiger partial charge >= 0.3 is 0 Å². The summed E-state index contributed by atoms with van der Waals surface area (Å²) in [5, 5.41) is 7.99. The first-order valence-electron chi connectivity index (χ1n) is 10.1. The molecule has 1 fully saturated rings. The molecular formula is C23H19FN4O3. The van der Waals surface area contributed by atoms with Gasteiger partial charge in [-0.1, -0.05) is 40.6 Å². The van der Waals surface area contributed by atoms with Crippen molar-refractivity contribution >= 4 is 5.91 Å². The minimum absolute atomic E-state index is 0.112. The first kappa shape index (κ1) is 19.2. The minimum atomic E-state index is -0.334. The van der Waals surface area contributed by atoms with Gasteiger partial charge in [-0.05, 0) is 37.1 Å². The van der Waals surface area contributed by atoms with Crippen LogP contribution in [0, 0.1) is 5.82 Å². The van der Waals surface area contributed by atoms with Crippen molar-refractivity contribution in [2.75, 3.05) is 13.1 Å². The largest absolute Gasteiger partial charge is 0.355 e. The van der Waals surface area contributed by atoms with Gasteiger partial charge in [0, 0.05) is 36.2 Å². The third kappa shape index (κ3) is 3.96. The molecule has 1 amide bonds. The molecule has 0 spiro atoms. The highest BCUT2D eigenvalue weighted by atomic mass is 19.1. The van der Waals surface area contributed by atoms with Crippen LogP contribution >= 0.6 is 0 Å². The van der Waals surface area contributed by atoms with E-state index in [1.54, 1.807) is 23.1 Å². The van der Waals surface area contributed by atoms with E-state index in [-0.39, 0.29) is 23.3 Å². The van der Waals surface area contributed by atoms with Crippen LogP contribution in [0.3, 0.4) is 0 Å². The zero-order chi connectivity index (χ0) is 21.2. The van der Waals surface area contributed by atoms with Crippen LogP contribution in [-0.4, -0.2) is 39.2 Å². The van der Waals surface area contributed by atoms with Gasteiger partial charge in [0.2, 0.25) is 11.7 Å². The zero-order valence-electron chi connectivity index (χ0n) is 16.6. The summed E-state index contributed by atoms with van der Waals surface area (Å²) in [6.45, 7) is 1.12. The molecule has 0 radical (unpaired) electrons. The quantitative estimate of drug-likeness (QED) is 0.483. The molecule has 156 valence electrons. The summed E-state index contributed by atoms with van der Waals surface area (Å²) < 4.78 is 23.9. The molecule has 1 aliphatic rings. The van der Waals surface area contributed by atoms with E-state index in [9.17, 15) is 9.18 Å². The van der Waals surface area contributed by atoms with Crippen molar-refractivity contribution < 1.29 is 18.2 Å². The fraction of sp³-hybridized carbons (Fsp3) is 0.217. The maximum Gasteiger partial charge on any atom is 0.276 e. The Morgan fingerprint density at radius 1 is 0.935 bits per heavy atom. The molecule has 8 heteroatoms. The summed E-state index contributed by atoms with van der Waals surface area (Å²) in [5.41, 5.74) is 1.81. The Balaban J connectivity index is 1.22. The summed E-state index contributed by atoms with van der Waals surface area (Å²) in [5.74, 6) is 1.19. The Bertz CT molecular complexity index is 1180. The second kappa shape index (κ2) is 8.14. The van der Waals surface area contributed by atoms with Crippen molar-refractivity contribution in [2.45, 2.75) is 18.8 Å². The van der Waals surface area contributed by atoms with E-state index >= 15 is 0 Å². The Hall–Kier alpha value is -3.81. The molecule has 0 unspecified atom stereocenters. The third-order valence-corrected chi connectivity index (χ3v) is 5.46. The van der Waals surface area contributed by atoms with Gasteiger partial charge in [-0.25, -0.2) is 4.39 Å². The van der Waals surface area contributed by atoms with Gasteiger partial charge < -0.3 is 13.9 Å². The van der Waals surface area contributed by atoms with Crippen LogP contribution in [0.5, 0.6) is 0 Å². The maximum absolute atomic E-state index is 13.1. The van der Waals surface area contributed by atoms with Crippen LogP contribution in [0.15, 0.2) is 69.7 Å².